The van der Waals surface area contributed by atoms with Crippen molar-refractivity contribution in [2.75, 3.05) is 19.6 Å². The minimum atomic E-state index is -0.0986. The van der Waals surface area contributed by atoms with Gasteiger partial charge in [-0.1, -0.05) is 36.4 Å². The van der Waals surface area contributed by atoms with E-state index in [4.69, 9.17) is 0 Å². The van der Waals surface area contributed by atoms with Crippen LogP contribution in [0.5, 0.6) is 0 Å². The first-order chi connectivity index (χ1) is 11.6. The van der Waals surface area contributed by atoms with Gasteiger partial charge in [-0.3, -0.25) is 9.59 Å². The third-order valence-electron chi connectivity index (χ3n) is 4.84. The van der Waals surface area contributed by atoms with Crippen molar-refractivity contribution in [1.82, 2.24) is 9.80 Å². The van der Waals surface area contributed by atoms with Crippen LogP contribution in [0, 0.1) is 0 Å². The van der Waals surface area contributed by atoms with E-state index in [9.17, 15) is 9.59 Å². The number of halogens is 1. The van der Waals surface area contributed by atoms with Crippen LogP contribution in [0.25, 0.3) is 0 Å². The van der Waals surface area contributed by atoms with Gasteiger partial charge in [0.05, 0.1) is 11.6 Å². The Morgan fingerprint density at radius 2 is 1.83 bits per heavy atom. The van der Waals surface area contributed by atoms with Gasteiger partial charge in [-0.2, -0.15) is 0 Å². The van der Waals surface area contributed by atoms with Gasteiger partial charge >= 0.3 is 0 Å². The Hall–Kier alpha value is -2.14. The summed E-state index contributed by atoms with van der Waals surface area (Å²) in [6.07, 6.45) is 0.886. The maximum Gasteiger partial charge on any atom is 0.255 e. The fourth-order valence-electron chi connectivity index (χ4n) is 3.63. The second kappa shape index (κ2) is 6.06. The molecular formula is C19H17BrN2O2. The molecule has 2 aliphatic heterocycles. The van der Waals surface area contributed by atoms with Crippen LogP contribution in [-0.4, -0.2) is 41.2 Å². The average molecular weight is 385 g/mol. The van der Waals surface area contributed by atoms with Gasteiger partial charge in [0.2, 0.25) is 5.91 Å². The maximum absolute atomic E-state index is 12.9. The summed E-state index contributed by atoms with van der Waals surface area (Å²) in [5, 5.41) is 0. The van der Waals surface area contributed by atoms with Crippen molar-refractivity contribution < 1.29 is 9.59 Å². The molecule has 5 heteroatoms. The summed E-state index contributed by atoms with van der Waals surface area (Å²) in [6, 6.07) is 15.5. The fourth-order valence-corrected chi connectivity index (χ4v) is 4.09. The van der Waals surface area contributed by atoms with Gasteiger partial charge in [-0.25, -0.2) is 0 Å². The highest BCUT2D eigenvalue weighted by Gasteiger charge is 2.38. The highest BCUT2D eigenvalue weighted by Crippen LogP contribution is 2.33. The summed E-state index contributed by atoms with van der Waals surface area (Å²) >= 11 is 3.43. The molecule has 122 valence electrons. The predicted octanol–water partition coefficient (Wildman–Crippen LogP) is 3.03. The lowest BCUT2D eigenvalue weighted by Gasteiger charge is -2.44. The lowest BCUT2D eigenvalue weighted by atomic mass is 9.90. The Kier molecular flexibility index (Phi) is 3.88. The number of carbonyl (C=O) groups excluding carboxylic acids is 2. The molecule has 1 atom stereocenters. The van der Waals surface area contributed by atoms with Crippen molar-refractivity contribution in [1.29, 1.82) is 0 Å². The minimum absolute atomic E-state index is 0.0288. The van der Waals surface area contributed by atoms with E-state index in [0.717, 1.165) is 17.4 Å². The van der Waals surface area contributed by atoms with E-state index in [0.29, 0.717) is 12.1 Å². The number of fused-ring (bicyclic) bond motifs is 3. The molecule has 1 saturated heterocycles. The van der Waals surface area contributed by atoms with E-state index in [1.807, 2.05) is 35.2 Å². The molecule has 4 rings (SSSR count). The number of nitrogens with zero attached hydrogens (tertiary/aromatic N) is 2. The average Bonchev–Trinajstić information content (AvgIpc) is 2.61. The molecule has 0 aliphatic carbocycles. The molecule has 2 amide bonds. The van der Waals surface area contributed by atoms with Gasteiger partial charge in [0, 0.05) is 17.6 Å². The van der Waals surface area contributed by atoms with Gasteiger partial charge < -0.3 is 9.80 Å². The van der Waals surface area contributed by atoms with E-state index in [2.05, 4.69) is 28.1 Å². The van der Waals surface area contributed by atoms with Crippen LogP contribution < -0.4 is 0 Å². The molecule has 0 bridgehead atoms. The van der Waals surface area contributed by atoms with Gasteiger partial charge in [0.25, 0.3) is 5.91 Å². The van der Waals surface area contributed by atoms with Crippen molar-refractivity contribution in [2.45, 2.75) is 12.5 Å². The normalized spacial score (nSPS) is 19.7. The molecule has 0 radical (unpaired) electrons. The van der Waals surface area contributed by atoms with Crippen molar-refractivity contribution in [3.05, 3.63) is 69.7 Å². The van der Waals surface area contributed by atoms with Crippen LogP contribution in [0.15, 0.2) is 53.0 Å². The number of amides is 2. The second-order valence-corrected chi connectivity index (χ2v) is 7.07. The molecule has 2 heterocycles. The fraction of sp³-hybridized carbons (Fsp3) is 0.263. The first-order valence-electron chi connectivity index (χ1n) is 8.06. The summed E-state index contributed by atoms with van der Waals surface area (Å²) in [4.78, 5) is 29.1. The van der Waals surface area contributed by atoms with Crippen molar-refractivity contribution in [3.8, 4) is 0 Å². The molecule has 24 heavy (non-hydrogen) atoms. The SMILES string of the molecule is O=C(c1ccccc1Br)N1CC(=O)N2CCc3ccccc3[C@@H]2C1. The zero-order valence-electron chi connectivity index (χ0n) is 13.1. The molecule has 0 aromatic heterocycles. The van der Waals surface area contributed by atoms with Gasteiger partial charge in [0.1, 0.15) is 6.54 Å². The molecular weight excluding hydrogens is 368 g/mol. The Morgan fingerprint density at radius 1 is 1.08 bits per heavy atom. The van der Waals surface area contributed by atoms with Crippen LogP contribution in [0.2, 0.25) is 0 Å². The van der Waals surface area contributed by atoms with Gasteiger partial charge in [-0.05, 0) is 45.6 Å². The smallest absolute Gasteiger partial charge is 0.255 e. The predicted molar refractivity (Wildman–Crippen MR) is 94.6 cm³/mol. The highest BCUT2D eigenvalue weighted by atomic mass is 79.9. The maximum atomic E-state index is 12.9. The van der Waals surface area contributed by atoms with Crippen LogP contribution >= 0.6 is 15.9 Å². The molecule has 2 aromatic rings. The van der Waals surface area contributed by atoms with Gasteiger partial charge in [-0.15, -0.1) is 0 Å². The first-order valence-corrected chi connectivity index (χ1v) is 8.85. The monoisotopic (exact) mass is 384 g/mol. The number of hydrogen-bond donors (Lipinski definition) is 0. The molecule has 0 N–H and O–H groups in total. The number of piperazine rings is 1. The van der Waals surface area contributed by atoms with Crippen LogP contribution in [0.3, 0.4) is 0 Å². The van der Waals surface area contributed by atoms with Crippen molar-refractivity contribution >= 4 is 27.7 Å². The van der Waals surface area contributed by atoms with Crippen molar-refractivity contribution in [3.63, 3.8) is 0 Å². The van der Waals surface area contributed by atoms with E-state index < -0.39 is 0 Å². The molecule has 2 aromatic carbocycles. The van der Waals surface area contributed by atoms with Crippen LogP contribution in [-0.2, 0) is 11.2 Å². The number of carbonyl (C=O) groups is 2. The van der Waals surface area contributed by atoms with Crippen LogP contribution in [0.4, 0.5) is 0 Å². The third kappa shape index (κ3) is 2.53. The zero-order chi connectivity index (χ0) is 16.7. The summed E-state index contributed by atoms with van der Waals surface area (Å²) in [5.74, 6) is -0.0697. The summed E-state index contributed by atoms with van der Waals surface area (Å²) in [7, 11) is 0. The molecule has 0 unspecified atom stereocenters. The minimum Gasteiger partial charge on any atom is -0.332 e. The Bertz CT molecular complexity index is 821. The van der Waals surface area contributed by atoms with Crippen molar-refractivity contribution in [2.24, 2.45) is 0 Å². The second-order valence-electron chi connectivity index (χ2n) is 6.22. The quantitative estimate of drug-likeness (QED) is 0.757. The summed E-state index contributed by atoms with van der Waals surface area (Å²) in [6.45, 7) is 1.43. The summed E-state index contributed by atoms with van der Waals surface area (Å²) in [5.41, 5.74) is 3.05. The third-order valence-corrected chi connectivity index (χ3v) is 5.54. The molecule has 1 fully saturated rings. The lowest BCUT2D eigenvalue weighted by Crippen LogP contribution is -2.55. The Morgan fingerprint density at radius 3 is 2.67 bits per heavy atom. The zero-order valence-corrected chi connectivity index (χ0v) is 14.7. The number of benzene rings is 2. The first kappa shape index (κ1) is 15.4. The van der Waals surface area contributed by atoms with E-state index >= 15 is 0 Å². The standard InChI is InChI=1S/C19H17BrN2O2/c20-16-8-4-3-7-15(16)19(24)21-11-17-14-6-2-1-5-13(14)9-10-22(17)18(23)12-21/h1-8,17H,9-12H2/t17-/m0/s1. The lowest BCUT2D eigenvalue weighted by molar-refractivity contribution is -0.139. The Labute approximate surface area is 149 Å². The number of hydrogen-bond acceptors (Lipinski definition) is 2. The number of rotatable bonds is 1. The van der Waals surface area contributed by atoms with E-state index in [-0.39, 0.29) is 24.4 Å². The molecule has 0 saturated carbocycles. The Balaban J connectivity index is 1.66. The van der Waals surface area contributed by atoms with Gasteiger partial charge in [0.15, 0.2) is 0 Å². The molecule has 2 aliphatic rings. The largest absolute Gasteiger partial charge is 0.332 e. The highest BCUT2D eigenvalue weighted by molar-refractivity contribution is 9.10. The topological polar surface area (TPSA) is 40.6 Å². The molecule has 0 spiro atoms. The van der Waals surface area contributed by atoms with E-state index in [1.165, 1.54) is 11.1 Å². The van der Waals surface area contributed by atoms with E-state index in [1.54, 1.807) is 11.0 Å². The van der Waals surface area contributed by atoms with Crippen LogP contribution in [0.1, 0.15) is 27.5 Å². The summed E-state index contributed by atoms with van der Waals surface area (Å²) < 4.78 is 0.758. The molecule has 4 nitrogen and oxygen atoms in total.